The van der Waals surface area contributed by atoms with Crippen LogP contribution in [-0.4, -0.2) is 46.3 Å². The molecule has 1 amide bonds. The molecule has 1 aliphatic rings. The van der Waals surface area contributed by atoms with Crippen LogP contribution in [0.4, 0.5) is 0 Å². The van der Waals surface area contributed by atoms with E-state index in [9.17, 15) is 4.79 Å². The van der Waals surface area contributed by atoms with Gasteiger partial charge in [0.15, 0.2) is 0 Å². The molecule has 0 spiro atoms. The molecule has 6 nitrogen and oxygen atoms in total. The fourth-order valence-electron chi connectivity index (χ4n) is 4.04. The third-order valence-electron chi connectivity index (χ3n) is 5.96. The Balaban J connectivity index is 1.16. The largest absolute Gasteiger partial charge is 0.356 e. The van der Waals surface area contributed by atoms with Crippen LogP contribution in [0.3, 0.4) is 0 Å². The first-order valence-corrected chi connectivity index (χ1v) is 13.7. The van der Waals surface area contributed by atoms with Crippen molar-refractivity contribution in [3.05, 3.63) is 70.0 Å². The topological polar surface area (TPSA) is 71.3 Å². The second-order valence-corrected chi connectivity index (χ2v) is 10.8. The average Bonchev–Trinajstić information content (AvgIpc) is 3.31. The molecule has 1 unspecified atom stereocenters. The lowest BCUT2D eigenvalue weighted by Crippen LogP contribution is -2.43. The first-order chi connectivity index (χ1) is 16.6. The van der Waals surface area contributed by atoms with Gasteiger partial charge in [-0.2, -0.15) is 16.7 Å². The minimum atomic E-state index is 0.0165. The maximum Gasteiger partial charge on any atom is 0.241 e. The van der Waals surface area contributed by atoms with Crippen molar-refractivity contribution in [3.63, 3.8) is 0 Å². The Kier molecular flexibility index (Phi) is 9.18. The van der Waals surface area contributed by atoms with Crippen molar-refractivity contribution in [1.82, 2.24) is 20.4 Å². The molecule has 1 aromatic heterocycles. The molecule has 34 heavy (non-hydrogen) atoms. The summed E-state index contributed by atoms with van der Waals surface area (Å²) in [6.45, 7) is 5.08. The van der Waals surface area contributed by atoms with Crippen LogP contribution in [0.2, 0.25) is 0 Å². The Labute approximate surface area is 214 Å². The number of hydrogen-bond acceptors (Lipinski definition) is 6. The maximum absolute atomic E-state index is 12.7. The van der Waals surface area contributed by atoms with Gasteiger partial charge < -0.3 is 9.84 Å². The van der Waals surface area contributed by atoms with Gasteiger partial charge >= 0.3 is 0 Å². The van der Waals surface area contributed by atoms with Gasteiger partial charge in [-0.1, -0.05) is 50.9 Å². The highest BCUT2D eigenvalue weighted by Crippen LogP contribution is 2.22. The normalized spacial score (nSPS) is 16.5. The summed E-state index contributed by atoms with van der Waals surface area (Å²) in [5, 5.41) is 7.25. The smallest absolute Gasteiger partial charge is 0.241 e. The van der Waals surface area contributed by atoms with Crippen molar-refractivity contribution in [3.8, 4) is 11.4 Å². The molecule has 8 heteroatoms. The highest BCUT2D eigenvalue weighted by molar-refractivity contribution is 9.10. The van der Waals surface area contributed by atoms with Crippen LogP contribution in [0.25, 0.3) is 11.4 Å². The van der Waals surface area contributed by atoms with Gasteiger partial charge in [0.1, 0.15) is 0 Å². The van der Waals surface area contributed by atoms with Crippen LogP contribution in [0.15, 0.2) is 57.5 Å². The molecular formula is C26H31BrN4O2S. The number of carbonyl (C=O) groups excluding carboxylic acids is 1. The van der Waals surface area contributed by atoms with Gasteiger partial charge in [-0.15, -0.1) is 0 Å². The Hall–Kier alpha value is -2.16. The Morgan fingerprint density at radius 1 is 1.21 bits per heavy atom. The number of aromatic nitrogens is 2. The molecule has 0 aliphatic carbocycles. The van der Waals surface area contributed by atoms with Crippen LogP contribution in [0, 0.1) is 12.8 Å². The van der Waals surface area contributed by atoms with E-state index in [4.69, 9.17) is 4.52 Å². The number of piperidine rings is 1. The first kappa shape index (κ1) is 24.9. The number of aryl methyl sites for hydroxylation is 1. The number of rotatable bonds is 10. The molecule has 1 saturated heterocycles. The van der Waals surface area contributed by atoms with Gasteiger partial charge in [0.2, 0.25) is 17.6 Å². The predicted octanol–water partition coefficient (Wildman–Crippen LogP) is 5.46. The van der Waals surface area contributed by atoms with E-state index < -0.39 is 0 Å². The average molecular weight is 544 g/mol. The lowest BCUT2D eigenvalue weighted by molar-refractivity contribution is -0.126. The number of thioether (sulfide) groups is 1. The van der Waals surface area contributed by atoms with E-state index in [1.807, 2.05) is 36.0 Å². The molecule has 180 valence electrons. The summed E-state index contributed by atoms with van der Waals surface area (Å²) in [5.41, 5.74) is 3.57. The molecule has 1 fully saturated rings. The number of benzene rings is 2. The SMILES string of the molecule is Cc1ccc(CSCCCNC(=O)C2CCCN(Cc3nc(-c4ccc(Br)cc4)no3)C2)cc1. The zero-order chi connectivity index (χ0) is 23.8. The summed E-state index contributed by atoms with van der Waals surface area (Å²) in [6.07, 6.45) is 2.91. The summed E-state index contributed by atoms with van der Waals surface area (Å²) in [4.78, 5) is 19.5. The molecule has 2 aromatic carbocycles. The minimum Gasteiger partial charge on any atom is -0.356 e. The number of nitrogens with one attached hydrogen (secondary N) is 1. The Morgan fingerprint density at radius 2 is 2.00 bits per heavy atom. The zero-order valence-corrected chi connectivity index (χ0v) is 21.9. The molecule has 0 saturated carbocycles. The first-order valence-electron chi connectivity index (χ1n) is 11.8. The summed E-state index contributed by atoms with van der Waals surface area (Å²) < 4.78 is 6.48. The van der Waals surface area contributed by atoms with Crippen LogP contribution < -0.4 is 5.32 Å². The maximum atomic E-state index is 12.7. The molecule has 2 heterocycles. The predicted molar refractivity (Wildman–Crippen MR) is 140 cm³/mol. The summed E-state index contributed by atoms with van der Waals surface area (Å²) in [5.74, 6) is 3.42. The number of nitrogens with zero attached hydrogens (tertiary/aromatic N) is 3. The summed E-state index contributed by atoms with van der Waals surface area (Å²) >= 11 is 5.36. The Morgan fingerprint density at radius 3 is 2.79 bits per heavy atom. The quantitative estimate of drug-likeness (QED) is 0.343. The van der Waals surface area contributed by atoms with Crippen molar-refractivity contribution >= 4 is 33.6 Å². The fraction of sp³-hybridized carbons (Fsp3) is 0.423. The van der Waals surface area contributed by atoms with E-state index in [0.29, 0.717) is 18.3 Å². The fourth-order valence-corrected chi connectivity index (χ4v) is 5.23. The van der Waals surface area contributed by atoms with E-state index in [-0.39, 0.29) is 11.8 Å². The van der Waals surface area contributed by atoms with Gasteiger partial charge in [-0.3, -0.25) is 9.69 Å². The van der Waals surface area contributed by atoms with Crippen molar-refractivity contribution in [2.45, 2.75) is 38.5 Å². The van der Waals surface area contributed by atoms with Crippen molar-refractivity contribution in [2.24, 2.45) is 5.92 Å². The van der Waals surface area contributed by atoms with Crippen LogP contribution >= 0.6 is 27.7 Å². The number of hydrogen-bond donors (Lipinski definition) is 1. The van der Waals surface area contributed by atoms with E-state index in [2.05, 4.69) is 67.5 Å². The van der Waals surface area contributed by atoms with Gasteiger partial charge in [0.05, 0.1) is 12.5 Å². The third-order valence-corrected chi connectivity index (χ3v) is 7.60. The van der Waals surface area contributed by atoms with E-state index in [0.717, 1.165) is 60.4 Å². The minimum absolute atomic E-state index is 0.0165. The van der Waals surface area contributed by atoms with Crippen LogP contribution in [-0.2, 0) is 17.1 Å². The van der Waals surface area contributed by atoms with Crippen molar-refractivity contribution in [1.29, 1.82) is 0 Å². The lowest BCUT2D eigenvalue weighted by atomic mass is 9.97. The molecule has 0 radical (unpaired) electrons. The highest BCUT2D eigenvalue weighted by atomic mass is 79.9. The summed E-state index contributed by atoms with van der Waals surface area (Å²) in [6, 6.07) is 16.5. The number of carbonyl (C=O) groups is 1. The van der Waals surface area contributed by atoms with E-state index in [1.54, 1.807) is 0 Å². The number of halogens is 1. The highest BCUT2D eigenvalue weighted by Gasteiger charge is 2.26. The molecule has 0 bridgehead atoms. The molecule has 1 aliphatic heterocycles. The van der Waals surface area contributed by atoms with Gasteiger partial charge in [-0.25, -0.2) is 0 Å². The number of likely N-dealkylation sites (tertiary alicyclic amines) is 1. The monoisotopic (exact) mass is 542 g/mol. The third kappa shape index (κ3) is 7.42. The zero-order valence-electron chi connectivity index (χ0n) is 19.5. The van der Waals surface area contributed by atoms with Crippen molar-refractivity contribution in [2.75, 3.05) is 25.4 Å². The molecule has 1 N–H and O–H groups in total. The van der Waals surface area contributed by atoms with Gasteiger partial charge in [-0.05, 0) is 68.3 Å². The molecule has 4 rings (SSSR count). The van der Waals surface area contributed by atoms with Crippen LogP contribution in [0.1, 0.15) is 36.3 Å². The standard InChI is InChI=1S/C26H31BrN4O2S/c1-19-5-7-20(8-6-19)18-34-15-3-13-28-26(32)22-4-2-14-31(16-22)17-24-29-25(30-33-24)21-9-11-23(27)12-10-21/h5-12,22H,2-4,13-18H2,1H3,(H,28,32). The van der Waals surface area contributed by atoms with Gasteiger partial charge in [0, 0.05) is 28.9 Å². The Bertz CT molecular complexity index is 1060. The summed E-state index contributed by atoms with van der Waals surface area (Å²) in [7, 11) is 0. The van der Waals surface area contributed by atoms with Crippen LogP contribution in [0.5, 0.6) is 0 Å². The lowest BCUT2D eigenvalue weighted by Gasteiger charge is -2.30. The molecular weight excluding hydrogens is 512 g/mol. The van der Waals surface area contributed by atoms with Gasteiger partial charge in [0.25, 0.3) is 0 Å². The van der Waals surface area contributed by atoms with E-state index >= 15 is 0 Å². The second-order valence-electron chi connectivity index (χ2n) is 8.78. The van der Waals surface area contributed by atoms with Crippen molar-refractivity contribution < 1.29 is 9.32 Å². The van der Waals surface area contributed by atoms with E-state index in [1.165, 1.54) is 11.1 Å². The molecule has 3 aromatic rings. The second kappa shape index (κ2) is 12.5. The number of amides is 1. The molecule has 1 atom stereocenters.